The molecule has 18 heavy (non-hydrogen) atoms. The fraction of sp³-hybridized carbons (Fsp3) is 0.615. The van der Waals surface area contributed by atoms with E-state index >= 15 is 0 Å². The lowest BCUT2D eigenvalue weighted by Gasteiger charge is -2.23. The predicted octanol–water partition coefficient (Wildman–Crippen LogP) is 2.35. The van der Waals surface area contributed by atoms with Crippen LogP contribution < -0.4 is 0 Å². The lowest BCUT2D eigenvalue weighted by molar-refractivity contribution is 0.0748. The van der Waals surface area contributed by atoms with Crippen molar-refractivity contribution >= 4 is 21.8 Å². The molecule has 0 aliphatic carbocycles. The number of hydrogen-bond donors (Lipinski definition) is 0. The van der Waals surface area contributed by atoms with Crippen LogP contribution in [0.3, 0.4) is 0 Å². The summed E-state index contributed by atoms with van der Waals surface area (Å²) in [5.41, 5.74) is 2.31. The zero-order valence-corrected chi connectivity index (χ0v) is 12.4. The van der Waals surface area contributed by atoms with Gasteiger partial charge in [0.25, 0.3) is 5.91 Å². The lowest BCUT2D eigenvalue weighted by atomic mass is 10.1. The summed E-state index contributed by atoms with van der Waals surface area (Å²) in [5, 5.41) is 9.00. The van der Waals surface area contributed by atoms with Gasteiger partial charge in [0.2, 0.25) is 0 Å². The molecule has 2 rings (SSSR count). The maximum Gasteiger partial charge on any atom is 0.256 e. The van der Waals surface area contributed by atoms with Crippen LogP contribution in [-0.4, -0.2) is 38.9 Å². The summed E-state index contributed by atoms with van der Waals surface area (Å²) >= 11 is 3.49. The number of hydrogen-bond acceptors (Lipinski definition) is 3. The zero-order chi connectivity index (χ0) is 13.1. The molecule has 1 unspecified atom stereocenters. The number of rotatable bonds is 3. The van der Waals surface area contributed by atoms with Gasteiger partial charge in [-0.15, -0.1) is 0 Å². The van der Waals surface area contributed by atoms with Gasteiger partial charge in [-0.2, -0.15) is 10.2 Å². The van der Waals surface area contributed by atoms with Gasteiger partial charge >= 0.3 is 0 Å². The quantitative estimate of drug-likeness (QED) is 0.805. The monoisotopic (exact) mass is 311 g/mol. The van der Waals surface area contributed by atoms with Crippen LogP contribution in [-0.2, 0) is 6.42 Å². The third-order valence-electron chi connectivity index (χ3n) is 3.37. The van der Waals surface area contributed by atoms with Crippen molar-refractivity contribution < 1.29 is 4.79 Å². The Kier molecular flexibility index (Phi) is 4.32. The number of carbonyl (C=O) groups is 1. The van der Waals surface area contributed by atoms with E-state index in [9.17, 15) is 4.79 Å². The van der Waals surface area contributed by atoms with E-state index < -0.39 is 0 Å². The standard InChI is InChI=1S/C13H18BrN3O/c1-3-12-11(7-9(2)15-16-12)13(18)17-6-4-5-10(17)8-14/h7,10H,3-6,8H2,1-2H3. The van der Waals surface area contributed by atoms with Crippen LogP contribution in [0.1, 0.15) is 41.5 Å². The number of carbonyl (C=O) groups excluding carboxylic acids is 1. The molecule has 1 aromatic heterocycles. The average Bonchev–Trinajstić information content (AvgIpc) is 2.86. The predicted molar refractivity (Wildman–Crippen MR) is 74.0 cm³/mol. The van der Waals surface area contributed by atoms with E-state index in [1.54, 1.807) is 0 Å². The molecule has 98 valence electrons. The summed E-state index contributed by atoms with van der Waals surface area (Å²) in [5.74, 6) is 0.104. The van der Waals surface area contributed by atoms with Gasteiger partial charge in [-0.1, -0.05) is 22.9 Å². The number of aryl methyl sites for hydroxylation is 2. The van der Waals surface area contributed by atoms with E-state index in [4.69, 9.17) is 0 Å². The molecule has 1 aromatic rings. The first-order valence-corrected chi connectivity index (χ1v) is 7.49. The molecule has 1 amide bonds. The Hall–Kier alpha value is -0.970. The number of nitrogens with zero attached hydrogens (tertiary/aromatic N) is 3. The Bertz CT molecular complexity index is 450. The number of amides is 1. The molecule has 1 aliphatic rings. The Labute approximate surface area is 116 Å². The fourth-order valence-electron chi connectivity index (χ4n) is 2.38. The minimum Gasteiger partial charge on any atom is -0.335 e. The molecular weight excluding hydrogens is 294 g/mol. The van der Waals surface area contributed by atoms with Crippen molar-refractivity contribution in [1.82, 2.24) is 15.1 Å². The van der Waals surface area contributed by atoms with Crippen molar-refractivity contribution in [2.24, 2.45) is 0 Å². The van der Waals surface area contributed by atoms with Gasteiger partial charge in [0, 0.05) is 17.9 Å². The SMILES string of the molecule is CCc1nnc(C)cc1C(=O)N1CCCC1CBr. The fourth-order valence-corrected chi connectivity index (χ4v) is 3.05. The van der Waals surface area contributed by atoms with E-state index in [1.165, 1.54) is 0 Å². The largest absolute Gasteiger partial charge is 0.335 e. The van der Waals surface area contributed by atoms with Crippen molar-refractivity contribution in [2.75, 3.05) is 11.9 Å². The Morgan fingerprint density at radius 2 is 2.33 bits per heavy atom. The minimum absolute atomic E-state index is 0.104. The van der Waals surface area contributed by atoms with Crippen molar-refractivity contribution in [3.8, 4) is 0 Å². The van der Waals surface area contributed by atoms with Gasteiger partial charge < -0.3 is 4.90 Å². The molecule has 1 atom stereocenters. The highest BCUT2D eigenvalue weighted by Crippen LogP contribution is 2.22. The van der Waals surface area contributed by atoms with Gasteiger partial charge in [0.15, 0.2) is 0 Å². The second kappa shape index (κ2) is 5.78. The molecule has 0 radical (unpaired) electrons. The molecule has 5 heteroatoms. The molecule has 0 saturated carbocycles. The summed E-state index contributed by atoms with van der Waals surface area (Å²) in [6, 6.07) is 2.17. The van der Waals surface area contributed by atoms with Gasteiger partial charge in [-0.25, -0.2) is 0 Å². The van der Waals surface area contributed by atoms with E-state index in [1.807, 2.05) is 24.8 Å². The van der Waals surface area contributed by atoms with Crippen molar-refractivity contribution in [3.63, 3.8) is 0 Å². The molecule has 0 bridgehead atoms. The van der Waals surface area contributed by atoms with Crippen LogP contribution >= 0.6 is 15.9 Å². The summed E-state index contributed by atoms with van der Waals surface area (Å²) in [6.45, 7) is 4.72. The molecule has 1 saturated heterocycles. The first-order chi connectivity index (χ1) is 8.67. The van der Waals surface area contributed by atoms with Crippen LogP contribution in [0.25, 0.3) is 0 Å². The molecular formula is C13H18BrN3O. The van der Waals surface area contributed by atoms with E-state index in [0.29, 0.717) is 6.04 Å². The lowest BCUT2D eigenvalue weighted by Crippen LogP contribution is -2.37. The minimum atomic E-state index is 0.104. The Morgan fingerprint density at radius 3 is 3.00 bits per heavy atom. The number of alkyl halides is 1. The Balaban J connectivity index is 2.30. The molecule has 2 heterocycles. The van der Waals surface area contributed by atoms with Crippen molar-refractivity contribution in [1.29, 1.82) is 0 Å². The number of aromatic nitrogens is 2. The van der Waals surface area contributed by atoms with Gasteiger partial charge in [0.1, 0.15) is 0 Å². The van der Waals surface area contributed by atoms with E-state index in [0.717, 1.165) is 48.1 Å². The third-order valence-corrected chi connectivity index (χ3v) is 4.12. The maximum atomic E-state index is 12.6. The van der Waals surface area contributed by atoms with Crippen LogP contribution in [0.5, 0.6) is 0 Å². The summed E-state index contributed by atoms with van der Waals surface area (Å²) in [4.78, 5) is 14.5. The summed E-state index contributed by atoms with van der Waals surface area (Å²) < 4.78 is 0. The molecule has 1 aliphatic heterocycles. The first kappa shape index (κ1) is 13.5. The normalized spacial score (nSPS) is 19.3. The van der Waals surface area contributed by atoms with E-state index in [-0.39, 0.29) is 5.91 Å². The van der Waals surface area contributed by atoms with Gasteiger partial charge in [-0.3, -0.25) is 4.79 Å². The third kappa shape index (κ3) is 2.55. The topological polar surface area (TPSA) is 46.1 Å². The smallest absolute Gasteiger partial charge is 0.256 e. The highest BCUT2D eigenvalue weighted by Gasteiger charge is 2.29. The molecule has 4 nitrogen and oxygen atoms in total. The molecule has 0 spiro atoms. The number of halogens is 1. The zero-order valence-electron chi connectivity index (χ0n) is 10.8. The number of likely N-dealkylation sites (tertiary alicyclic amines) is 1. The van der Waals surface area contributed by atoms with Crippen LogP contribution in [0.4, 0.5) is 0 Å². The molecule has 0 aromatic carbocycles. The van der Waals surface area contributed by atoms with Crippen molar-refractivity contribution in [2.45, 2.75) is 39.2 Å². The van der Waals surface area contributed by atoms with Gasteiger partial charge in [-0.05, 0) is 32.3 Å². The maximum absolute atomic E-state index is 12.6. The van der Waals surface area contributed by atoms with Gasteiger partial charge in [0.05, 0.1) is 17.0 Å². The average molecular weight is 312 g/mol. The summed E-state index contributed by atoms with van der Waals surface area (Å²) in [6.07, 6.45) is 2.90. The first-order valence-electron chi connectivity index (χ1n) is 6.37. The second-order valence-corrected chi connectivity index (χ2v) is 5.30. The van der Waals surface area contributed by atoms with E-state index in [2.05, 4.69) is 26.1 Å². The molecule has 1 fully saturated rings. The van der Waals surface area contributed by atoms with Crippen LogP contribution in [0, 0.1) is 6.92 Å². The second-order valence-electron chi connectivity index (χ2n) is 4.65. The van der Waals surface area contributed by atoms with Crippen molar-refractivity contribution in [3.05, 3.63) is 23.0 Å². The highest BCUT2D eigenvalue weighted by atomic mass is 79.9. The molecule has 0 N–H and O–H groups in total. The highest BCUT2D eigenvalue weighted by molar-refractivity contribution is 9.09. The van der Waals surface area contributed by atoms with Crippen LogP contribution in [0.15, 0.2) is 6.07 Å². The summed E-state index contributed by atoms with van der Waals surface area (Å²) in [7, 11) is 0. The Morgan fingerprint density at radius 1 is 1.56 bits per heavy atom. The van der Waals surface area contributed by atoms with Crippen LogP contribution in [0.2, 0.25) is 0 Å².